The third-order valence-corrected chi connectivity index (χ3v) is 8.66. The molecule has 3 aromatic rings. The van der Waals surface area contributed by atoms with Crippen LogP contribution >= 0.6 is 0 Å². The van der Waals surface area contributed by atoms with Gasteiger partial charge >= 0.3 is 0 Å². The first-order valence-electron chi connectivity index (χ1n) is 11.8. The predicted molar refractivity (Wildman–Crippen MR) is 133 cm³/mol. The number of rotatable bonds is 5. The smallest absolute Gasteiger partial charge is 0.251 e. The second kappa shape index (κ2) is 9.60. The number of benzene rings is 3. The number of hydrogen-bond donors (Lipinski definition) is 1. The third kappa shape index (κ3) is 4.58. The van der Waals surface area contributed by atoms with Gasteiger partial charge in [-0.15, -0.1) is 0 Å². The Balaban J connectivity index is 1.29. The molecule has 0 spiro atoms. The van der Waals surface area contributed by atoms with E-state index in [2.05, 4.69) is 22.3 Å². The molecule has 1 amide bonds. The maximum Gasteiger partial charge on any atom is 0.251 e. The molecule has 6 nitrogen and oxygen atoms in total. The van der Waals surface area contributed by atoms with Crippen molar-refractivity contribution < 1.29 is 13.2 Å². The summed E-state index contributed by atoms with van der Waals surface area (Å²) in [6.45, 7) is 2.08. The Morgan fingerprint density at radius 3 is 2.38 bits per heavy atom. The molecule has 0 saturated carbocycles. The molecule has 1 saturated heterocycles. The number of para-hydroxylation sites is 1. The van der Waals surface area contributed by atoms with Crippen molar-refractivity contribution in [2.75, 3.05) is 31.1 Å². The van der Waals surface area contributed by atoms with Crippen LogP contribution in [0.5, 0.6) is 0 Å². The van der Waals surface area contributed by atoms with Crippen molar-refractivity contribution in [2.24, 2.45) is 0 Å². The predicted octanol–water partition coefficient (Wildman–Crippen LogP) is 4.00. The lowest BCUT2D eigenvalue weighted by atomic mass is 9.87. The molecule has 5 rings (SSSR count). The number of anilines is 1. The summed E-state index contributed by atoms with van der Waals surface area (Å²) in [5, 5.41) is 3.12. The Bertz CT molecular complexity index is 1270. The van der Waals surface area contributed by atoms with Crippen LogP contribution in [-0.4, -0.2) is 44.8 Å². The van der Waals surface area contributed by atoms with E-state index in [1.807, 2.05) is 42.5 Å². The number of hydrogen-bond acceptors (Lipinski definition) is 4. The summed E-state index contributed by atoms with van der Waals surface area (Å²) in [7, 11) is -3.68. The molecule has 1 N–H and O–H groups in total. The van der Waals surface area contributed by atoms with Gasteiger partial charge in [0.1, 0.15) is 0 Å². The first kappa shape index (κ1) is 22.6. The van der Waals surface area contributed by atoms with Gasteiger partial charge < -0.3 is 10.2 Å². The van der Waals surface area contributed by atoms with Gasteiger partial charge in [0.2, 0.25) is 10.0 Å². The largest absolute Gasteiger partial charge is 0.369 e. The molecule has 2 aliphatic rings. The Morgan fingerprint density at radius 1 is 0.853 bits per heavy atom. The molecular weight excluding hydrogens is 446 g/mol. The number of fused-ring (bicyclic) bond motifs is 1. The number of amides is 1. The van der Waals surface area contributed by atoms with E-state index in [1.54, 1.807) is 18.2 Å². The zero-order chi connectivity index (χ0) is 23.5. The zero-order valence-electron chi connectivity index (χ0n) is 19.1. The molecule has 1 atom stereocenters. The number of carbonyl (C=O) groups is 1. The minimum absolute atomic E-state index is 0.0521. The van der Waals surface area contributed by atoms with E-state index in [-0.39, 0.29) is 16.8 Å². The lowest BCUT2D eigenvalue weighted by Gasteiger charge is -2.35. The number of sulfonamides is 1. The standard InChI is InChI=1S/C27H29N3O3S/c31-27(28-26-15-7-9-21-8-4-5-14-25(21)26)22-10-6-13-24(20-22)34(32,33)30-18-16-29(17-19-30)23-11-2-1-3-12-23/h1-6,8,10-14,20,26H,7,9,15-19H2,(H,28,31)/t26-/m1/s1. The second-order valence-corrected chi connectivity index (χ2v) is 10.8. The normalized spacial score (nSPS) is 18.8. The van der Waals surface area contributed by atoms with Crippen LogP contribution in [0.4, 0.5) is 5.69 Å². The van der Waals surface area contributed by atoms with Crippen LogP contribution in [0.15, 0.2) is 83.8 Å². The topological polar surface area (TPSA) is 69.7 Å². The fourth-order valence-corrected chi connectivity index (χ4v) is 6.39. The Kier molecular flexibility index (Phi) is 6.39. The summed E-state index contributed by atoms with van der Waals surface area (Å²) in [5.41, 5.74) is 3.89. The highest BCUT2D eigenvalue weighted by Gasteiger charge is 2.29. The van der Waals surface area contributed by atoms with E-state index in [9.17, 15) is 13.2 Å². The van der Waals surface area contributed by atoms with Crippen LogP contribution in [0.25, 0.3) is 0 Å². The molecule has 176 valence electrons. The number of nitrogens with zero attached hydrogens (tertiary/aromatic N) is 2. The number of aryl methyl sites for hydroxylation is 1. The quantitative estimate of drug-likeness (QED) is 0.606. The van der Waals surface area contributed by atoms with Crippen LogP contribution in [0, 0.1) is 0 Å². The first-order chi connectivity index (χ1) is 16.5. The van der Waals surface area contributed by atoms with E-state index < -0.39 is 10.0 Å². The van der Waals surface area contributed by atoms with Gasteiger partial charge in [-0.3, -0.25) is 4.79 Å². The maximum absolute atomic E-state index is 13.3. The molecule has 1 aliphatic heterocycles. The van der Waals surface area contributed by atoms with Gasteiger partial charge in [-0.1, -0.05) is 48.5 Å². The molecule has 0 bridgehead atoms. The highest BCUT2D eigenvalue weighted by Crippen LogP contribution is 2.30. The summed E-state index contributed by atoms with van der Waals surface area (Å²) in [6.07, 6.45) is 2.92. The summed E-state index contributed by atoms with van der Waals surface area (Å²) in [6, 6.07) is 24.6. The van der Waals surface area contributed by atoms with Gasteiger partial charge in [-0.2, -0.15) is 4.31 Å². The number of nitrogens with one attached hydrogen (secondary N) is 1. The summed E-state index contributed by atoms with van der Waals surface area (Å²) < 4.78 is 28.2. The van der Waals surface area contributed by atoms with Crippen molar-refractivity contribution in [3.63, 3.8) is 0 Å². The average Bonchev–Trinajstić information content (AvgIpc) is 2.89. The molecule has 0 aromatic heterocycles. The van der Waals surface area contributed by atoms with Gasteiger partial charge in [-0.25, -0.2) is 8.42 Å². The van der Waals surface area contributed by atoms with Gasteiger partial charge in [0.25, 0.3) is 5.91 Å². The summed E-state index contributed by atoms with van der Waals surface area (Å²) in [4.78, 5) is 15.4. The van der Waals surface area contributed by atoms with Gasteiger partial charge in [0.15, 0.2) is 0 Å². The number of carbonyl (C=O) groups excluding carboxylic acids is 1. The fraction of sp³-hybridized carbons (Fsp3) is 0.296. The lowest BCUT2D eigenvalue weighted by Crippen LogP contribution is -2.48. The van der Waals surface area contributed by atoms with Crippen LogP contribution in [0.1, 0.15) is 40.4 Å². The van der Waals surface area contributed by atoms with Crippen LogP contribution in [0.3, 0.4) is 0 Å². The Hall–Kier alpha value is -3.16. The van der Waals surface area contributed by atoms with Gasteiger partial charge in [-0.05, 0) is 60.7 Å². The minimum Gasteiger partial charge on any atom is -0.369 e. The van der Waals surface area contributed by atoms with E-state index in [0.29, 0.717) is 31.7 Å². The molecule has 1 aliphatic carbocycles. The van der Waals surface area contributed by atoms with Gasteiger partial charge in [0.05, 0.1) is 10.9 Å². The summed E-state index contributed by atoms with van der Waals surface area (Å²) >= 11 is 0. The lowest BCUT2D eigenvalue weighted by molar-refractivity contribution is 0.0932. The SMILES string of the molecule is O=C(N[C@@H]1CCCc2ccccc21)c1cccc(S(=O)(=O)N2CCN(c3ccccc3)CC2)c1. The van der Waals surface area contributed by atoms with E-state index in [4.69, 9.17) is 0 Å². The molecule has 0 radical (unpaired) electrons. The van der Waals surface area contributed by atoms with E-state index in [0.717, 1.165) is 30.5 Å². The Labute approximate surface area is 201 Å². The highest BCUT2D eigenvalue weighted by molar-refractivity contribution is 7.89. The molecule has 34 heavy (non-hydrogen) atoms. The molecule has 3 aromatic carbocycles. The van der Waals surface area contributed by atoms with Crippen molar-refractivity contribution in [3.8, 4) is 0 Å². The van der Waals surface area contributed by atoms with Crippen LogP contribution in [0.2, 0.25) is 0 Å². The Morgan fingerprint density at radius 2 is 1.59 bits per heavy atom. The minimum atomic E-state index is -3.68. The van der Waals surface area contributed by atoms with Crippen molar-refractivity contribution in [2.45, 2.75) is 30.2 Å². The average molecular weight is 476 g/mol. The van der Waals surface area contributed by atoms with E-state index in [1.165, 1.54) is 15.9 Å². The zero-order valence-corrected chi connectivity index (χ0v) is 19.9. The van der Waals surface area contributed by atoms with Crippen LogP contribution < -0.4 is 10.2 Å². The van der Waals surface area contributed by atoms with E-state index >= 15 is 0 Å². The maximum atomic E-state index is 13.3. The van der Waals surface area contributed by atoms with Crippen molar-refractivity contribution in [1.82, 2.24) is 9.62 Å². The molecular formula is C27H29N3O3S. The molecule has 7 heteroatoms. The van der Waals surface area contributed by atoms with Crippen molar-refractivity contribution >= 4 is 21.6 Å². The van der Waals surface area contributed by atoms with Crippen LogP contribution in [-0.2, 0) is 16.4 Å². The van der Waals surface area contributed by atoms with Gasteiger partial charge in [0, 0.05) is 37.4 Å². The molecule has 1 heterocycles. The first-order valence-corrected chi connectivity index (χ1v) is 13.3. The van der Waals surface area contributed by atoms with Crippen molar-refractivity contribution in [3.05, 3.63) is 95.6 Å². The van der Waals surface area contributed by atoms with Crippen molar-refractivity contribution in [1.29, 1.82) is 0 Å². The second-order valence-electron chi connectivity index (χ2n) is 8.87. The monoisotopic (exact) mass is 475 g/mol. The summed E-state index contributed by atoms with van der Waals surface area (Å²) in [5.74, 6) is -0.243. The molecule has 1 fully saturated rings. The number of piperazine rings is 1. The fourth-order valence-electron chi connectivity index (χ4n) is 4.92. The molecule has 0 unspecified atom stereocenters. The third-order valence-electron chi connectivity index (χ3n) is 6.77. The highest BCUT2D eigenvalue weighted by atomic mass is 32.2.